The fourth-order valence-corrected chi connectivity index (χ4v) is 3.30. The molecule has 0 bridgehead atoms. The minimum atomic E-state index is -1.01. The van der Waals surface area contributed by atoms with Crippen LogP contribution in [0.3, 0.4) is 0 Å². The van der Waals surface area contributed by atoms with E-state index in [9.17, 15) is 14.0 Å². The van der Waals surface area contributed by atoms with Crippen molar-refractivity contribution in [2.45, 2.75) is 31.1 Å². The lowest BCUT2D eigenvalue weighted by molar-refractivity contribution is -0.120. The van der Waals surface area contributed by atoms with Gasteiger partial charge in [0.05, 0.1) is 12.0 Å². The Hall–Kier alpha value is -2.69. The Balaban J connectivity index is 1.62. The topological polar surface area (TPSA) is 66.4 Å². The smallest absolute Gasteiger partial charge is 0.335 e. The van der Waals surface area contributed by atoms with Crippen LogP contribution in [0.25, 0.3) is 0 Å². The number of aromatic carboxylic acids is 1. The highest BCUT2D eigenvalue weighted by molar-refractivity contribution is 5.88. The second-order valence-corrected chi connectivity index (χ2v) is 6.60. The van der Waals surface area contributed by atoms with Gasteiger partial charge in [-0.3, -0.25) is 4.79 Å². The largest absolute Gasteiger partial charge is 0.478 e. The SMILES string of the molecule is O=C(Cc1cccc(C(=O)O)c1)NCC1(c2ccc(F)cc2)CCC1. The molecule has 1 amide bonds. The van der Waals surface area contributed by atoms with Crippen LogP contribution in [-0.2, 0) is 16.6 Å². The minimum absolute atomic E-state index is 0.119. The van der Waals surface area contributed by atoms with Crippen LogP contribution < -0.4 is 5.32 Å². The zero-order chi connectivity index (χ0) is 17.9. The summed E-state index contributed by atoms with van der Waals surface area (Å²) >= 11 is 0. The molecule has 0 saturated heterocycles. The summed E-state index contributed by atoms with van der Waals surface area (Å²) in [6, 6.07) is 12.9. The number of nitrogens with one attached hydrogen (secondary N) is 1. The maximum atomic E-state index is 13.1. The van der Waals surface area contributed by atoms with Gasteiger partial charge in [-0.1, -0.05) is 30.7 Å². The van der Waals surface area contributed by atoms with Crippen molar-refractivity contribution in [1.29, 1.82) is 0 Å². The van der Waals surface area contributed by atoms with E-state index in [4.69, 9.17) is 5.11 Å². The van der Waals surface area contributed by atoms with Gasteiger partial charge in [0.25, 0.3) is 0 Å². The molecular weight excluding hydrogens is 321 g/mol. The molecule has 0 aliphatic heterocycles. The predicted octanol–water partition coefficient (Wildman–Crippen LogP) is 3.30. The summed E-state index contributed by atoms with van der Waals surface area (Å²) < 4.78 is 13.1. The van der Waals surface area contributed by atoms with E-state index in [-0.39, 0.29) is 29.1 Å². The summed E-state index contributed by atoms with van der Waals surface area (Å²) in [5.41, 5.74) is 1.77. The number of rotatable bonds is 6. The Bertz CT molecular complexity index is 782. The lowest BCUT2D eigenvalue weighted by atomic mass is 9.64. The third kappa shape index (κ3) is 3.87. The number of carboxylic acid groups (broad SMARTS) is 1. The number of hydrogen-bond donors (Lipinski definition) is 2. The van der Waals surface area contributed by atoms with Crippen molar-refractivity contribution in [2.75, 3.05) is 6.54 Å². The number of amides is 1. The number of hydrogen-bond acceptors (Lipinski definition) is 2. The fourth-order valence-electron chi connectivity index (χ4n) is 3.30. The van der Waals surface area contributed by atoms with Gasteiger partial charge >= 0.3 is 5.97 Å². The molecule has 1 aliphatic rings. The Labute approximate surface area is 145 Å². The van der Waals surface area contributed by atoms with Gasteiger partial charge in [-0.2, -0.15) is 0 Å². The second kappa shape index (κ2) is 7.05. The van der Waals surface area contributed by atoms with Gasteiger partial charge in [0.2, 0.25) is 5.91 Å². The summed E-state index contributed by atoms with van der Waals surface area (Å²) in [6.45, 7) is 0.510. The zero-order valence-corrected chi connectivity index (χ0v) is 13.8. The molecule has 2 N–H and O–H groups in total. The molecule has 0 aromatic heterocycles. The first-order valence-corrected chi connectivity index (χ1v) is 8.33. The summed E-state index contributed by atoms with van der Waals surface area (Å²) in [4.78, 5) is 23.2. The minimum Gasteiger partial charge on any atom is -0.478 e. The molecule has 1 aliphatic carbocycles. The van der Waals surface area contributed by atoms with E-state index in [0.29, 0.717) is 12.1 Å². The van der Waals surface area contributed by atoms with Crippen LogP contribution in [-0.4, -0.2) is 23.5 Å². The van der Waals surface area contributed by atoms with Crippen molar-refractivity contribution in [3.8, 4) is 0 Å². The Morgan fingerprint density at radius 3 is 2.44 bits per heavy atom. The van der Waals surface area contributed by atoms with Crippen molar-refractivity contribution in [2.24, 2.45) is 0 Å². The van der Waals surface area contributed by atoms with Gasteiger partial charge in [0.1, 0.15) is 5.82 Å². The van der Waals surface area contributed by atoms with Gasteiger partial charge in [0, 0.05) is 12.0 Å². The third-order valence-electron chi connectivity index (χ3n) is 4.93. The van der Waals surface area contributed by atoms with E-state index < -0.39 is 5.97 Å². The van der Waals surface area contributed by atoms with E-state index in [1.165, 1.54) is 24.3 Å². The van der Waals surface area contributed by atoms with Gasteiger partial charge in [0.15, 0.2) is 0 Å². The molecule has 0 atom stereocenters. The number of benzene rings is 2. The Morgan fingerprint density at radius 2 is 1.84 bits per heavy atom. The third-order valence-corrected chi connectivity index (χ3v) is 4.93. The predicted molar refractivity (Wildman–Crippen MR) is 92.0 cm³/mol. The van der Waals surface area contributed by atoms with Crippen LogP contribution in [0.4, 0.5) is 4.39 Å². The Kier molecular flexibility index (Phi) is 4.83. The first kappa shape index (κ1) is 17.1. The number of carbonyl (C=O) groups is 2. The van der Waals surface area contributed by atoms with E-state index >= 15 is 0 Å². The quantitative estimate of drug-likeness (QED) is 0.847. The molecule has 0 spiro atoms. The molecule has 3 rings (SSSR count). The fraction of sp³-hybridized carbons (Fsp3) is 0.300. The van der Waals surface area contributed by atoms with Crippen molar-refractivity contribution in [3.05, 3.63) is 71.0 Å². The molecule has 2 aromatic rings. The standard InChI is InChI=1S/C20H20FNO3/c21-17-7-5-16(6-8-17)20(9-2-10-20)13-22-18(23)12-14-3-1-4-15(11-14)19(24)25/h1,3-8,11H,2,9-10,12-13H2,(H,22,23)(H,24,25). The molecule has 2 aromatic carbocycles. The molecule has 0 heterocycles. The molecule has 0 unspecified atom stereocenters. The van der Waals surface area contributed by atoms with E-state index in [1.54, 1.807) is 24.3 Å². The zero-order valence-electron chi connectivity index (χ0n) is 13.8. The first-order chi connectivity index (χ1) is 12.0. The highest BCUT2D eigenvalue weighted by Gasteiger charge is 2.38. The lowest BCUT2D eigenvalue weighted by Crippen LogP contribution is -2.45. The van der Waals surface area contributed by atoms with Crippen LogP contribution in [0.15, 0.2) is 48.5 Å². The van der Waals surface area contributed by atoms with Crippen LogP contribution in [0, 0.1) is 5.82 Å². The van der Waals surface area contributed by atoms with Gasteiger partial charge in [-0.25, -0.2) is 9.18 Å². The maximum absolute atomic E-state index is 13.1. The molecule has 25 heavy (non-hydrogen) atoms. The second-order valence-electron chi connectivity index (χ2n) is 6.60. The summed E-state index contributed by atoms with van der Waals surface area (Å²) in [5, 5.41) is 12.0. The van der Waals surface area contributed by atoms with Gasteiger partial charge in [-0.15, -0.1) is 0 Å². The molecule has 5 heteroatoms. The van der Waals surface area contributed by atoms with Crippen LogP contribution in [0.5, 0.6) is 0 Å². The molecule has 1 fully saturated rings. The molecule has 4 nitrogen and oxygen atoms in total. The van der Waals surface area contributed by atoms with Crippen molar-refractivity contribution >= 4 is 11.9 Å². The number of carbonyl (C=O) groups excluding carboxylic acids is 1. The number of carboxylic acids is 1. The van der Waals surface area contributed by atoms with E-state index in [1.807, 2.05) is 0 Å². The van der Waals surface area contributed by atoms with E-state index in [2.05, 4.69) is 5.32 Å². The molecular formula is C20H20FNO3. The van der Waals surface area contributed by atoms with Crippen molar-refractivity contribution in [1.82, 2.24) is 5.32 Å². The van der Waals surface area contributed by atoms with Gasteiger partial charge in [-0.05, 0) is 48.2 Å². The highest BCUT2D eigenvalue weighted by atomic mass is 19.1. The van der Waals surface area contributed by atoms with Gasteiger partial charge < -0.3 is 10.4 Å². The first-order valence-electron chi connectivity index (χ1n) is 8.33. The number of halogens is 1. The highest BCUT2D eigenvalue weighted by Crippen LogP contribution is 2.43. The maximum Gasteiger partial charge on any atom is 0.335 e. The molecule has 130 valence electrons. The van der Waals surface area contributed by atoms with Crippen LogP contribution in [0.2, 0.25) is 0 Å². The lowest BCUT2D eigenvalue weighted by Gasteiger charge is -2.42. The van der Waals surface area contributed by atoms with Crippen molar-refractivity contribution in [3.63, 3.8) is 0 Å². The summed E-state index contributed by atoms with van der Waals surface area (Å²) in [7, 11) is 0. The summed E-state index contributed by atoms with van der Waals surface area (Å²) in [5.74, 6) is -1.41. The van der Waals surface area contributed by atoms with Crippen LogP contribution >= 0.6 is 0 Å². The molecule has 1 saturated carbocycles. The van der Waals surface area contributed by atoms with Crippen LogP contribution in [0.1, 0.15) is 40.7 Å². The van der Waals surface area contributed by atoms with Crippen molar-refractivity contribution < 1.29 is 19.1 Å². The monoisotopic (exact) mass is 341 g/mol. The average molecular weight is 341 g/mol. The summed E-state index contributed by atoms with van der Waals surface area (Å²) in [6.07, 6.45) is 3.16. The normalized spacial score (nSPS) is 15.2. The average Bonchev–Trinajstić information content (AvgIpc) is 2.55. The van der Waals surface area contributed by atoms with E-state index in [0.717, 1.165) is 24.8 Å². The Morgan fingerprint density at radius 1 is 1.12 bits per heavy atom. The molecule has 0 radical (unpaired) electrons.